The number of anilines is 1. The van der Waals surface area contributed by atoms with Crippen LogP contribution in [0.4, 0.5) is 5.69 Å². The van der Waals surface area contributed by atoms with Crippen molar-refractivity contribution in [2.75, 3.05) is 18.5 Å². The molecule has 3 aliphatic rings. The van der Waals surface area contributed by atoms with E-state index in [0.717, 1.165) is 6.42 Å². The van der Waals surface area contributed by atoms with Crippen molar-refractivity contribution >= 4 is 61.2 Å². The van der Waals surface area contributed by atoms with E-state index in [1.807, 2.05) is 30.3 Å². The van der Waals surface area contributed by atoms with Crippen molar-refractivity contribution in [3.63, 3.8) is 0 Å². The first kappa shape index (κ1) is 25.0. The van der Waals surface area contributed by atoms with Gasteiger partial charge in [0.1, 0.15) is 11.5 Å². The van der Waals surface area contributed by atoms with Crippen LogP contribution in [0.5, 0.6) is 11.5 Å². The summed E-state index contributed by atoms with van der Waals surface area (Å²) >= 11 is 7.31. The number of amides is 3. The second-order valence-corrected chi connectivity index (χ2v) is 11.3. The molecule has 5 rings (SSSR count). The van der Waals surface area contributed by atoms with Crippen LogP contribution >= 0.6 is 31.9 Å². The molecule has 2 aromatic carbocycles. The highest BCUT2D eigenvalue weighted by Crippen LogP contribution is 2.60. The molecular formula is C26H24Br2N2O6. The Bertz CT molecular complexity index is 1140. The summed E-state index contributed by atoms with van der Waals surface area (Å²) in [7, 11) is 0. The van der Waals surface area contributed by atoms with Crippen molar-refractivity contribution < 1.29 is 28.7 Å². The van der Waals surface area contributed by atoms with Crippen LogP contribution in [0.3, 0.4) is 0 Å². The standard InChI is InChI=1S/C26H24Br2N2O6/c27-23-17-12-18(24(23)28)22-21(17)25(33)30(26(22)34)11-10-20(32)35-13-19(31)29-14-6-8-16(9-7-14)36-15-4-2-1-3-5-15/h1-9,17-18,21-24H,10-13H2,(H,29,31)/t17-,18-,21-,22-,23-,24+/m1/s1. The number of benzene rings is 2. The number of esters is 1. The predicted octanol–water partition coefficient (Wildman–Crippen LogP) is 4.13. The molecule has 1 heterocycles. The Morgan fingerprint density at radius 1 is 0.889 bits per heavy atom. The Balaban J connectivity index is 1.06. The van der Waals surface area contributed by atoms with Crippen LogP contribution in [0.1, 0.15) is 12.8 Å². The number of carbonyl (C=O) groups excluding carboxylic acids is 4. The van der Waals surface area contributed by atoms with Crippen LogP contribution in [0.2, 0.25) is 0 Å². The van der Waals surface area contributed by atoms with E-state index in [0.29, 0.717) is 17.2 Å². The fraction of sp³-hybridized carbons (Fsp3) is 0.385. The second-order valence-electron chi connectivity index (χ2n) is 9.23. The van der Waals surface area contributed by atoms with Gasteiger partial charge >= 0.3 is 5.97 Å². The molecule has 3 amide bonds. The highest BCUT2D eigenvalue weighted by molar-refractivity contribution is 9.12. The highest BCUT2D eigenvalue weighted by atomic mass is 79.9. The van der Waals surface area contributed by atoms with Crippen molar-refractivity contribution in [2.45, 2.75) is 22.5 Å². The molecule has 188 valence electrons. The van der Waals surface area contributed by atoms with Gasteiger partial charge in [-0.1, -0.05) is 50.1 Å². The molecule has 2 aromatic rings. The van der Waals surface area contributed by atoms with E-state index in [1.54, 1.807) is 24.3 Å². The maximum absolute atomic E-state index is 12.9. The average Bonchev–Trinajstić information content (AvgIpc) is 3.48. The molecule has 1 N–H and O–H groups in total. The fourth-order valence-corrected chi connectivity index (χ4v) is 7.35. The van der Waals surface area contributed by atoms with Crippen molar-refractivity contribution in [3.05, 3.63) is 54.6 Å². The van der Waals surface area contributed by atoms with E-state index < -0.39 is 18.5 Å². The normalized spacial score (nSPS) is 28.2. The molecule has 0 spiro atoms. The Kier molecular flexibility index (Phi) is 7.16. The molecule has 0 aromatic heterocycles. The van der Waals surface area contributed by atoms with Gasteiger partial charge in [0, 0.05) is 21.9 Å². The van der Waals surface area contributed by atoms with Gasteiger partial charge in [0.05, 0.1) is 18.3 Å². The first-order valence-corrected chi connectivity index (χ1v) is 13.6. The van der Waals surface area contributed by atoms with Gasteiger partial charge in [-0.2, -0.15) is 0 Å². The summed E-state index contributed by atoms with van der Waals surface area (Å²) in [6.45, 7) is -0.498. The number of halogens is 2. The Morgan fingerprint density at radius 3 is 2.08 bits per heavy atom. The lowest BCUT2D eigenvalue weighted by Gasteiger charge is -2.28. The van der Waals surface area contributed by atoms with Crippen LogP contribution in [0, 0.1) is 23.7 Å². The highest BCUT2D eigenvalue weighted by Gasteiger charge is 2.66. The molecule has 1 saturated heterocycles. The molecular weight excluding hydrogens is 596 g/mol. The zero-order chi connectivity index (χ0) is 25.4. The van der Waals surface area contributed by atoms with E-state index in [4.69, 9.17) is 9.47 Å². The molecule has 0 radical (unpaired) electrons. The van der Waals surface area contributed by atoms with Gasteiger partial charge in [0.25, 0.3) is 5.91 Å². The fourth-order valence-electron chi connectivity index (χ4n) is 5.48. The van der Waals surface area contributed by atoms with Gasteiger partial charge in [-0.25, -0.2) is 0 Å². The Morgan fingerprint density at radius 2 is 1.47 bits per heavy atom. The Hall–Kier alpha value is -2.72. The van der Waals surface area contributed by atoms with Crippen LogP contribution in [0.15, 0.2) is 54.6 Å². The molecule has 3 fully saturated rings. The lowest BCUT2D eigenvalue weighted by Crippen LogP contribution is -2.37. The summed E-state index contributed by atoms with van der Waals surface area (Å²) in [5.74, 6) is -0.598. The molecule has 6 atom stereocenters. The molecule has 1 aliphatic heterocycles. The van der Waals surface area contributed by atoms with Gasteiger partial charge < -0.3 is 14.8 Å². The first-order chi connectivity index (χ1) is 17.3. The number of carbonyl (C=O) groups is 4. The number of ether oxygens (including phenoxy) is 2. The lowest BCUT2D eigenvalue weighted by atomic mass is 9.81. The van der Waals surface area contributed by atoms with Gasteiger partial charge in [-0.15, -0.1) is 0 Å². The van der Waals surface area contributed by atoms with Crippen molar-refractivity contribution in [3.8, 4) is 11.5 Å². The number of fused-ring (bicyclic) bond motifs is 5. The van der Waals surface area contributed by atoms with Gasteiger partial charge in [-0.05, 0) is 54.7 Å². The molecule has 2 bridgehead atoms. The summed E-state index contributed by atoms with van der Waals surface area (Å²) < 4.78 is 10.8. The number of nitrogens with one attached hydrogen (secondary N) is 1. The summed E-state index contributed by atoms with van der Waals surface area (Å²) in [4.78, 5) is 51.7. The topological polar surface area (TPSA) is 102 Å². The van der Waals surface area contributed by atoms with Crippen molar-refractivity contribution in [1.29, 1.82) is 0 Å². The quantitative estimate of drug-likeness (QED) is 0.271. The molecule has 10 heteroatoms. The monoisotopic (exact) mass is 618 g/mol. The average molecular weight is 620 g/mol. The van der Waals surface area contributed by atoms with E-state index >= 15 is 0 Å². The number of hydrogen-bond donors (Lipinski definition) is 1. The largest absolute Gasteiger partial charge is 0.457 e. The van der Waals surface area contributed by atoms with E-state index in [-0.39, 0.29) is 58.1 Å². The zero-order valence-corrected chi connectivity index (χ0v) is 22.3. The number of imide groups is 1. The van der Waals surface area contributed by atoms with Crippen molar-refractivity contribution in [2.24, 2.45) is 23.7 Å². The molecule has 0 unspecified atom stereocenters. The molecule has 2 saturated carbocycles. The third-order valence-corrected chi connectivity index (χ3v) is 10.3. The summed E-state index contributed by atoms with van der Waals surface area (Å²) in [6.07, 6.45) is 0.701. The summed E-state index contributed by atoms with van der Waals surface area (Å²) in [5.41, 5.74) is 0.529. The molecule has 2 aliphatic carbocycles. The maximum Gasteiger partial charge on any atom is 0.308 e. The lowest BCUT2D eigenvalue weighted by molar-refractivity contribution is -0.149. The minimum Gasteiger partial charge on any atom is -0.457 e. The van der Waals surface area contributed by atoms with Crippen LogP contribution < -0.4 is 10.1 Å². The number of likely N-dealkylation sites (tertiary alicyclic amines) is 1. The third-order valence-electron chi connectivity index (χ3n) is 7.10. The first-order valence-electron chi connectivity index (χ1n) is 11.8. The summed E-state index contributed by atoms with van der Waals surface area (Å²) in [5, 5.41) is 2.65. The van der Waals surface area contributed by atoms with E-state index in [2.05, 4.69) is 37.2 Å². The third kappa shape index (κ3) is 4.80. The number of para-hydroxylation sites is 1. The molecule has 36 heavy (non-hydrogen) atoms. The van der Waals surface area contributed by atoms with Gasteiger partial charge in [0.2, 0.25) is 11.8 Å². The number of rotatable bonds is 8. The van der Waals surface area contributed by atoms with E-state index in [9.17, 15) is 19.2 Å². The Labute approximate surface area is 224 Å². The maximum atomic E-state index is 12.9. The van der Waals surface area contributed by atoms with Crippen LogP contribution in [0.25, 0.3) is 0 Å². The second kappa shape index (κ2) is 10.3. The molecule has 8 nitrogen and oxygen atoms in total. The predicted molar refractivity (Wildman–Crippen MR) is 138 cm³/mol. The van der Waals surface area contributed by atoms with Gasteiger partial charge in [0.15, 0.2) is 6.61 Å². The van der Waals surface area contributed by atoms with E-state index in [1.165, 1.54) is 4.90 Å². The smallest absolute Gasteiger partial charge is 0.308 e. The number of hydrogen-bond acceptors (Lipinski definition) is 6. The summed E-state index contributed by atoms with van der Waals surface area (Å²) in [6, 6.07) is 16.1. The zero-order valence-electron chi connectivity index (χ0n) is 19.1. The minimum absolute atomic E-state index is 0.0344. The van der Waals surface area contributed by atoms with Crippen LogP contribution in [-0.4, -0.2) is 51.4 Å². The van der Waals surface area contributed by atoms with Crippen molar-refractivity contribution in [1.82, 2.24) is 4.90 Å². The van der Waals surface area contributed by atoms with Gasteiger partial charge in [-0.3, -0.25) is 24.1 Å². The number of nitrogens with zero attached hydrogens (tertiary/aromatic N) is 1. The number of alkyl halides is 2. The minimum atomic E-state index is -0.644. The van der Waals surface area contributed by atoms with Crippen LogP contribution in [-0.2, 0) is 23.9 Å². The SMILES string of the molecule is O=C(COC(=O)CCN1C(=O)[C@@H]2[C@H]3C[C@@H]([C@@H](Br)[C@H]3Br)[C@H]2C1=O)Nc1ccc(Oc2ccccc2)cc1.